The van der Waals surface area contributed by atoms with Crippen molar-refractivity contribution in [2.24, 2.45) is 0 Å². The smallest absolute Gasteiger partial charge is 0.227 e. The van der Waals surface area contributed by atoms with Crippen LogP contribution in [0, 0.1) is 6.57 Å². The molecular weight excluding hydrogens is 176 g/mol. The van der Waals surface area contributed by atoms with E-state index in [1.165, 1.54) is 0 Å². The van der Waals surface area contributed by atoms with Gasteiger partial charge in [0.05, 0.1) is 12.3 Å². The van der Waals surface area contributed by atoms with Crippen LogP contribution >= 0.6 is 0 Å². The maximum absolute atomic E-state index is 7.09. The summed E-state index contributed by atoms with van der Waals surface area (Å²) in [6, 6.07) is 1.86. The first-order valence-corrected chi connectivity index (χ1v) is 4.47. The molecule has 0 aliphatic rings. The molecule has 0 bridgehead atoms. The van der Waals surface area contributed by atoms with E-state index in [0.717, 1.165) is 12.2 Å². The summed E-state index contributed by atoms with van der Waals surface area (Å²) in [6.07, 6.45) is 3.52. The molecule has 0 saturated heterocycles. The largest absolute Gasteiger partial charge is 0.393 e. The lowest BCUT2D eigenvalue weighted by atomic mass is 10.3. The highest BCUT2D eigenvalue weighted by atomic mass is 15.3. The molecule has 14 heavy (non-hydrogen) atoms. The molecule has 1 aromatic rings. The van der Waals surface area contributed by atoms with Crippen molar-refractivity contribution in [1.82, 2.24) is 14.7 Å². The fourth-order valence-electron chi connectivity index (χ4n) is 1.20. The Morgan fingerprint density at radius 1 is 1.71 bits per heavy atom. The van der Waals surface area contributed by atoms with Gasteiger partial charge in [-0.2, -0.15) is 5.10 Å². The van der Waals surface area contributed by atoms with Crippen LogP contribution in [-0.4, -0.2) is 28.8 Å². The Kier molecular flexibility index (Phi) is 3.29. The van der Waals surface area contributed by atoms with Crippen molar-refractivity contribution >= 4 is 5.70 Å². The molecular formula is C10H14N4. The Labute approximate surface area is 84.3 Å². The van der Waals surface area contributed by atoms with Gasteiger partial charge in [0.25, 0.3) is 0 Å². The third kappa shape index (κ3) is 2.13. The van der Waals surface area contributed by atoms with Crippen LogP contribution in [-0.2, 0) is 6.54 Å². The first-order valence-electron chi connectivity index (χ1n) is 4.47. The fraction of sp³-hybridized carbons (Fsp3) is 0.400. The molecule has 0 radical (unpaired) electrons. The Hall–Kier alpha value is -1.76. The van der Waals surface area contributed by atoms with E-state index >= 15 is 0 Å². The lowest BCUT2D eigenvalue weighted by Gasteiger charge is -2.07. The number of hydrogen-bond acceptors (Lipinski definition) is 2. The van der Waals surface area contributed by atoms with Gasteiger partial charge in [-0.05, 0) is 13.0 Å². The zero-order chi connectivity index (χ0) is 10.6. The minimum Gasteiger partial charge on any atom is -0.393 e. The van der Waals surface area contributed by atoms with Crippen molar-refractivity contribution in [3.63, 3.8) is 0 Å². The summed E-state index contributed by atoms with van der Waals surface area (Å²) in [5, 5.41) is 4.12. The Morgan fingerprint density at radius 3 is 2.93 bits per heavy atom. The average molecular weight is 190 g/mol. The predicted molar refractivity (Wildman–Crippen MR) is 56.2 cm³/mol. The van der Waals surface area contributed by atoms with Crippen LogP contribution in [0.3, 0.4) is 0 Å². The zero-order valence-electron chi connectivity index (χ0n) is 8.73. The van der Waals surface area contributed by atoms with Crippen LogP contribution in [0.1, 0.15) is 12.6 Å². The van der Waals surface area contributed by atoms with E-state index in [0.29, 0.717) is 5.70 Å². The fourth-order valence-corrected chi connectivity index (χ4v) is 1.20. The van der Waals surface area contributed by atoms with Crippen LogP contribution in [0.15, 0.2) is 18.5 Å². The van der Waals surface area contributed by atoms with Gasteiger partial charge in [-0.1, -0.05) is 0 Å². The Bertz CT molecular complexity index is 368. The highest BCUT2D eigenvalue weighted by Gasteiger charge is 2.06. The molecule has 4 heteroatoms. The molecule has 0 aliphatic carbocycles. The van der Waals surface area contributed by atoms with Gasteiger partial charge >= 0.3 is 0 Å². The molecule has 0 amide bonds. The number of aryl methyl sites for hydroxylation is 1. The van der Waals surface area contributed by atoms with E-state index in [2.05, 4.69) is 9.94 Å². The van der Waals surface area contributed by atoms with Gasteiger partial charge in [0.1, 0.15) is 0 Å². The van der Waals surface area contributed by atoms with Crippen LogP contribution in [0.25, 0.3) is 10.5 Å². The maximum Gasteiger partial charge on any atom is 0.227 e. The molecule has 0 spiro atoms. The van der Waals surface area contributed by atoms with Crippen molar-refractivity contribution < 1.29 is 0 Å². The second-order valence-corrected chi connectivity index (χ2v) is 3.12. The lowest BCUT2D eigenvalue weighted by Crippen LogP contribution is -2.05. The molecule has 1 rings (SSSR count). The standard InChI is InChI=1S/C10H14N4/c1-5-14-10(6-7-12-14)9(11-2)8-13(3)4/h6-8H,5H2,1,3-4H3. The molecule has 0 fully saturated rings. The predicted octanol–water partition coefficient (Wildman–Crippen LogP) is 1.68. The molecule has 74 valence electrons. The van der Waals surface area contributed by atoms with Crippen molar-refractivity contribution in [3.05, 3.63) is 35.6 Å². The van der Waals surface area contributed by atoms with Gasteiger partial charge in [0.2, 0.25) is 5.70 Å². The summed E-state index contributed by atoms with van der Waals surface area (Å²) < 4.78 is 1.81. The Balaban J connectivity index is 3.08. The van der Waals surface area contributed by atoms with E-state index in [4.69, 9.17) is 6.57 Å². The second-order valence-electron chi connectivity index (χ2n) is 3.12. The highest BCUT2D eigenvalue weighted by molar-refractivity contribution is 5.67. The van der Waals surface area contributed by atoms with E-state index in [-0.39, 0.29) is 0 Å². The van der Waals surface area contributed by atoms with Gasteiger partial charge in [-0.15, -0.1) is 0 Å². The van der Waals surface area contributed by atoms with E-state index in [9.17, 15) is 0 Å². The van der Waals surface area contributed by atoms with Crippen molar-refractivity contribution in [1.29, 1.82) is 0 Å². The van der Waals surface area contributed by atoms with Crippen LogP contribution < -0.4 is 0 Å². The number of rotatable bonds is 3. The van der Waals surface area contributed by atoms with E-state index < -0.39 is 0 Å². The first-order chi connectivity index (χ1) is 6.69. The molecule has 1 aromatic heterocycles. The lowest BCUT2D eigenvalue weighted by molar-refractivity contribution is 0.564. The van der Waals surface area contributed by atoms with Crippen molar-refractivity contribution in [2.45, 2.75) is 13.5 Å². The molecule has 1 heterocycles. The van der Waals surface area contributed by atoms with Gasteiger partial charge in [0.15, 0.2) is 0 Å². The molecule has 4 nitrogen and oxygen atoms in total. The minimum atomic E-state index is 0.620. The third-order valence-electron chi connectivity index (χ3n) is 1.78. The van der Waals surface area contributed by atoms with Crippen molar-refractivity contribution in [3.8, 4) is 0 Å². The number of aromatic nitrogens is 2. The summed E-state index contributed by atoms with van der Waals surface area (Å²) in [7, 11) is 3.80. The van der Waals surface area contributed by atoms with Crippen LogP contribution in [0.4, 0.5) is 0 Å². The molecule has 0 aliphatic heterocycles. The first kappa shape index (κ1) is 10.3. The molecule has 0 saturated carbocycles. The summed E-state index contributed by atoms with van der Waals surface area (Å²) in [4.78, 5) is 5.35. The van der Waals surface area contributed by atoms with Crippen molar-refractivity contribution in [2.75, 3.05) is 14.1 Å². The molecule has 0 unspecified atom stereocenters. The maximum atomic E-state index is 7.09. The molecule has 0 aromatic carbocycles. The normalized spacial score (nSPS) is 11.1. The summed E-state index contributed by atoms with van der Waals surface area (Å²) in [5.74, 6) is 0. The minimum absolute atomic E-state index is 0.620. The summed E-state index contributed by atoms with van der Waals surface area (Å²) >= 11 is 0. The zero-order valence-corrected chi connectivity index (χ0v) is 8.73. The summed E-state index contributed by atoms with van der Waals surface area (Å²) in [5.41, 5.74) is 1.49. The topological polar surface area (TPSA) is 25.4 Å². The third-order valence-corrected chi connectivity index (χ3v) is 1.78. The van der Waals surface area contributed by atoms with E-state index in [1.807, 2.05) is 36.7 Å². The monoisotopic (exact) mass is 190 g/mol. The molecule has 0 N–H and O–H groups in total. The Morgan fingerprint density at radius 2 is 2.43 bits per heavy atom. The van der Waals surface area contributed by atoms with Gasteiger partial charge in [-0.25, -0.2) is 4.85 Å². The van der Waals surface area contributed by atoms with Gasteiger partial charge < -0.3 is 4.90 Å². The quantitative estimate of drug-likeness (QED) is 0.678. The van der Waals surface area contributed by atoms with Gasteiger partial charge in [0, 0.05) is 33.0 Å². The van der Waals surface area contributed by atoms with Gasteiger partial charge in [-0.3, -0.25) is 4.68 Å². The molecule has 0 atom stereocenters. The average Bonchev–Trinajstić information content (AvgIpc) is 2.61. The van der Waals surface area contributed by atoms with Crippen LogP contribution in [0.2, 0.25) is 0 Å². The van der Waals surface area contributed by atoms with Crippen LogP contribution in [0.5, 0.6) is 0 Å². The summed E-state index contributed by atoms with van der Waals surface area (Å²) in [6.45, 7) is 9.88. The van der Waals surface area contributed by atoms with E-state index in [1.54, 1.807) is 12.4 Å². The second kappa shape index (κ2) is 4.47. The number of nitrogens with zero attached hydrogens (tertiary/aromatic N) is 4. The SMILES string of the molecule is [C-]#[N+]C(=CN(C)C)c1ccnn1CC. The highest BCUT2D eigenvalue weighted by Crippen LogP contribution is 2.15. The number of hydrogen-bond donors (Lipinski definition) is 0.